The zero-order valence-electron chi connectivity index (χ0n) is 87.7. The molecule has 12 aromatic carbocycles. The molecule has 146 heavy (non-hydrogen) atoms. The number of esters is 3. The summed E-state index contributed by atoms with van der Waals surface area (Å²) in [5.41, 5.74) is 10.5. The number of carbonyl (C=O) groups is 10. The Kier molecular flexibility index (Phi) is 41.7. The Morgan fingerprint density at radius 1 is 0.301 bits per heavy atom. The smallest absolute Gasteiger partial charge is 0.545 e. The molecule has 0 heterocycles. The summed E-state index contributed by atoms with van der Waals surface area (Å²) in [4.78, 5) is 137. The van der Waals surface area contributed by atoms with Crippen molar-refractivity contribution in [3.05, 3.63) is 327 Å². The number of phenols is 2. The van der Waals surface area contributed by atoms with Crippen molar-refractivity contribution in [1.29, 1.82) is 0 Å². The van der Waals surface area contributed by atoms with Gasteiger partial charge in [-0.1, -0.05) is 180 Å². The number of likely N-dealkylation sites (N-methyl/N-ethyl adjacent to an activating group) is 6. The van der Waals surface area contributed by atoms with Crippen molar-refractivity contribution in [2.75, 3.05) is 118 Å². The van der Waals surface area contributed by atoms with Crippen molar-refractivity contribution in [1.82, 2.24) is 15.1 Å². The topological polar surface area (TPSA) is 357 Å². The molecule has 0 saturated heterocycles. The van der Waals surface area contributed by atoms with Crippen LogP contribution in [0.5, 0.6) is 11.5 Å². The number of hydrogen-bond acceptors (Lipinski definition) is 22. The molecule has 6 amide bonds. The normalized spacial score (nSPS) is 11.1. The van der Waals surface area contributed by atoms with Gasteiger partial charge in [-0.05, 0) is 284 Å². The van der Waals surface area contributed by atoms with Gasteiger partial charge in [-0.25, -0.2) is 24.0 Å². The first kappa shape index (κ1) is 117. The van der Waals surface area contributed by atoms with E-state index in [1.54, 1.807) is 141 Å². The molecule has 30 heteroatoms. The van der Waals surface area contributed by atoms with Crippen LogP contribution < -0.4 is 75.9 Å². The zero-order valence-corrected chi connectivity index (χ0v) is 91.3. The minimum Gasteiger partial charge on any atom is -0.545 e. The minimum atomic E-state index is -1.40. The van der Waals surface area contributed by atoms with Gasteiger partial charge in [0, 0.05) is 113 Å². The van der Waals surface area contributed by atoms with Crippen molar-refractivity contribution >= 4 is 115 Å². The van der Waals surface area contributed by atoms with E-state index in [1.807, 2.05) is 283 Å². The molecule has 0 aliphatic heterocycles. The molecule has 762 valence electrons. The second-order valence-corrected chi connectivity index (χ2v) is 40.6. The van der Waals surface area contributed by atoms with Gasteiger partial charge in [-0.2, -0.15) is 0 Å². The number of carbonyl (C=O) groups excluding carboxylic acids is 10. The summed E-state index contributed by atoms with van der Waals surface area (Å²) in [6, 6.07) is 79.5. The van der Waals surface area contributed by atoms with Gasteiger partial charge in [-0.15, -0.1) is 0 Å². The van der Waals surface area contributed by atoms with Crippen LogP contribution in [0.25, 0.3) is 44.5 Å². The summed E-state index contributed by atoms with van der Waals surface area (Å²) in [5.74, 6) is -5.24. The SMILES string of the molecule is CN(CCN(C)c1ccc(O)c(C(=O)Nc2cc(-c3ccccc3)ccc2C(=O)OC(C)(C)C)c1)C(=O)OC(C)(C)C.CNCCN(C)c1ccc(O)c(C(=O)Nc2cc(-c3ccccc3)ccc2C(=O)[O-])c1.Cc1ccc(Br)cc1C(=O)Nc1cc(-c2ccccc2)ccc1C(=O)OC(C)(C)C.Cc1ccc(N(C)CCN(C)C(=O)OC(C)(C)C)cc1C(=O)Nc1cc(-c2ccccc2)ccc1C(=O)OC(C)(C)C.[Na+]. The molecule has 7 N–H and O–H groups in total. The summed E-state index contributed by atoms with van der Waals surface area (Å²) in [6.07, 6.45) is -0.821. The van der Waals surface area contributed by atoms with Gasteiger partial charge in [0.15, 0.2) is 0 Å². The van der Waals surface area contributed by atoms with Crippen LogP contribution in [0.1, 0.15) is 198 Å². The van der Waals surface area contributed by atoms with Gasteiger partial charge in [-0.3, -0.25) is 19.2 Å². The third kappa shape index (κ3) is 35.7. The predicted octanol–water partition coefficient (Wildman–Crippen LogP) is 19.7. The number of aromatic carboxylic acids is 1. The number of ether oxygens (including phenoxy) is 5. The first-order chi connectivity index (χ1) is 68.1. The van der Waals surface area contributed by atoms with E-state index in [9.17, 15) is 63.3 Å². The van der Waals surface area contributed by atoms with Crippen molar-refractivity contribution < 1.29 is 117 Å². The number of rotatable bonds is 28. The summed E-state index contributed by atoms with van der Waals surface area (Å²) < 4.78 is 28.4. The Labute approximate surface area is 887 Å². The molecular formula is C116H132BrN10NaO18. The quantitative estimate of drug-likeness (QED) is 0.0136. The number of carboxylic acids is 1. The second kappa shape index (κ2) is 52.2. The Morgan fingerprint density at radius 3 is 0.856 bits per heavy atom. The van der Waals surface area contributed by atoms with Crippen LogP contribution in [-0.2, 0) is 23.7 Å². The van der Waals surface area contributed by atoms with Gasteiger partial charge in [0.2, 0.25) is 0 Å². The van der Waals surface area contributed by atoms with Crippen LogP contribution in [0.2, 0.25) is 0 Å². The monoisotopic (exact) mass is 2050 g/mol. The van der Waals surface area contributed by atoms with Crippen LogP contribution >= 0.6 is 15.9 Å². The molecule has 0 spiro atoms. The molecule has 0 aromatic heterocycles. The van der Waals surface area contributed by atoms with Gasteiger partial charge >= 0.3 is 59.7 Å². The van der Waals surface area contributed by atoms with Crippen molar-refractivity contribution in [3.8, 4) is 56.0 Å². The number of hydrogen-bond donors (Lipinski definition) is 7. The van der Waals surface area contributed by atoms with E-state index in [0.29, 0.717) is 66.5 Å². The Hall–Kier alpha value is -14.6. The van der Waals surface area contributed by atoms with Gasteiger partial charge in [0.25, 0.3) is 23.6 Å². The molecule has 0 atom stereocenters. The molecule has 0 aliphatic rings. The van der Waals surface area contributed by atoms with E-state index in [1.165, 1.54) is 28.0 Å². The molecule has 0 aliphatic carbocycles. The minimum absolute atomic E-state index is 0. The van der Waals surface area contributed by atoms with Crippen LogP contribution in [0.15, 0.2) is 271 Å². The van der Waals surface area contributed by atoms with Crippen molar-refractivity contribution in [3.63, 3.8) is 0 Å². The van der Waals surface area contributed by atoms with E-state index in [4.69, 9.17) is 23.7 Å². The largest absolute Gasteiger partial charge is 1.00 e. The maximum absolute atomic E-state index is 13.7. The molecule has 12 aromatic rings. The molecule has 0 bridgehead atoms. The van der Waals surface area contributed by atoms with Gasteiger partial charge < -0.3 is 94.9 Å². The van der Waals surface area contributed by atoms with Crippen LogP contribution in [0, 0.1) is 13.8 Å². The molecule has 0 saturated carbocycles. The maximum Gasteiger partial charge on any atom is 1.00 e. The molecule has 0 radical (unpaired) electrons. The first-order valence-electron chi connectivity index (χ1n) is 47.3. The first-order valence-corrected chi connectivity index (χ1v) is 48.1. The van der Waals surface area contributed by atoms with Crippen LogP contribution in [0.3, 0.4) is 0 Å². The Balaban J connectivity index is 0.000000240. The number of phenolic OH excluding ortho intramolecular Hbond substituents is 2. The second-order valence-electron chi connectivity index (χ2n) is 39.6. The van der Waals surface area contributed by atoms with E-state index >= 15 is 0 Å². The van der Waals surface area contributed by atoms with E-state index in [2.05, 4.69) is 42.5 Å². The molecule has 0 unspecified atom stereocenters. The zero-order chi connectivity index (χ0) is 107. The van der Waals surface area contributed by atoms with E-state index in [-0.39, 0.29) is 92.1 Å². The van der Waals surface area contributed by atoms with Crippen molar-refractivity contribution in [2.45, 2.75) is 146 Å². The fourth-order valence-corrected chi connectivity index (χ4v) is 14.6. The van der Waals surface area contributed by atoms with Crippen LogP contribution in [0.4, 0.5) is 49.4 Å². The van der Waals surface area contributed by atoms with Gasteiger partial charge in [0.1, 0.15) is 39.5 Å². The standard InChI is InChI=1S/C34H43N3O5.C33H41N3O6.C25H24BrNO3.C24H25N3O4.Na/c1-23-15-17-26(36(8)19-20-37(9)32(40)42-34(5,6)7)22-28(23)30(38)35-29-21-25(24-13-11-10-12-14-24)16-18-27(29)31(39)41-33(2,3)4;1-32(2,3)41-30(39)25-16-14-23(22-12-10-9-11-13-22)20-27(25)34-29(38)26-21-24(15-17-28(26)37)35(7)18-19-36(8)31(40)42-33(4,5)6;1-16-10-12-19(26)15-21(16)23(28)27-22-14-18(17-8-6-5-7-9-17)11-13-20(22)24(29)30-25(2,3)4;1-25-12-13-27(2)18-9-11-22(28)20(15-18)23(29)26-21-14-17(8-10-19(21)24(30)31)16-6-4-3-5-7-16;/h10-18,21-22H,19-20H2,1-9H3,(H,35,38);9-17,20-21,37H,18-19H2,1-8H3,(H,34,38);5-15H,1-4H3,(H,27,28);3-11,14-15,25,28H,12-13H2,1-2H3,(H,26,29)(H,30,31);/q;;;;+1/p-1. The summed E-state index contributed by atoms with van der Waals surface area (Å²) in [7, 11) is 10.8. The maximum atomic E-state index is 13.7. The molecule has 0 fully saturated rings. The Morgan fingerprint density at radius 2 is 0.562 bits per heavy atom. The number of nitrogens with zero attached hydrogens (tertiary/aromatic N) is 5. The van der Waals surface area contributed by atoms with Gasteiger partial charge in [0.05, 0.1) is 56.5 Å². The van der Waals surface area contributed by atoms with E-state index < -0.39 is 75.9 Å². The average Bonchev–Trinajstić information content (AvgIpc) is 0.775. The number of benzene rings is 12. The number of aryl methyl sites for hydroxylation is 2. The summed E-state index contributed by atoms with van der Waals surface area (Å²) >= 11 is 3.41. The number of anilines is 7. The predicted molar refractivity (Wildman–Crippen MR) is 577 cm³/mol. The Bertz CT molecular complexity index is 6380. The molecule has 12 rings (SSSR count). The molecule has 28 nitrogen and oxygen atoms in total. The van der Waals surface area contributed by atoms with Crippen molar-refractivity contribution in [2.24, 2.45) is 0 Å². The van der Waals surface area contributed by atoms with E-state index in [0.717, 1.165) is 78.0 Å². The summed E-state index contributed by atoms with van der Waals surface area (Å²) in [6.45, 7) is 34.1. The molecular weight excluding hydrogens is 1920 g/mol. The third-order valence-electron chi connectivity index (χ3n) is 21.9. The fourth-order valence-electron chi connectivity index (χ4n) is 14.2. The van der Waals surface area contributed by atoms with Crippen LogP contribution in [-0.4, -0.2) is 189 Å². The number of aromatic hydroxyl groups is 2. The number of amides is 6. The fraction of sp³-hybridized carbons (Fsp3) is 0.293. The average molecular weight is 2060 g/mol. The number of carboxylic acid groups (broad SMARTS) is 1. The number of nitrogens with one attached hydrogen (secondary N) is 5. The third-order valence-corrected chi connectivity index (χ3v) is 22.4. The number of halogens is 1. The summed E-state index contributed by atoms with van der Waals surface area (Å²) in [5, 5.41) is 46.8.